The third-order valence-corrected chi connectivity index (χ3v) is 4.85. The molecule has 0 radical (unpaired) electrons. The van der Waals surface area contributed by atoms with Crippen LogP contribution in [0.3, 0.4) is 0 Å². The summed E-state index contributed by atoms with van der Waals surface area (Å²) in [5, 5.41) is 4.67. The highest BCUT2D eigenvalue weighted by atomic mass is 35.5. The quantitative estimate of drug-likeness (QED) is 0.574. The van der Waals surface area contributed by atoms with Gasteiger partial charge in [0.15, 0.2) is 6.61 Å². The second-order valence-corrected chi connectivity index (χ2v) is 8.89. The van der Waals surface area contributed by atoms with Crippen LogP contribution in [0.1, 0.15) is 20.8 Å². The highest BCUT2D eigenvalue weighted by molar-refractivity contribution is 7.89. The van der Waals surface area contributed by atoms with E-state index in [0.29, 0.717) is 0 Å². The Morgan fingerprint density at radius 2 is 1.74 bits per heavy atom. The summed E-state index contributed by atoms with van der Waals surface area (Å²) >= 11 is 11.5. The van der Waals surface area contributed by atoms with Crippen LogP contribution in [0.5, 0.6) is 0 Å². The average Bonchev–Trinajstić information content (AvgIpc) is 2.51. The average molecular weight is 440 g/mol. The van der Waals surface area contributed by atoms with Crippen molar-refractivity contribution < 1.29 is 27.5 Å². The molecular formula is C15H19Cl2N3O6S. The molecule has 27 heavy (non-hydrogen) atoms. The molecule has 0 aliphatic heterocycles. The van der Waals surface area contributed by atoms with Crippen molar-refractivity contribution in [1.82, 2.24) is 15.4 Å². The van der Waals surface area contributed by atoms with Crippen LogP contribution in [-0.4, -0.2) is 45.0 Å². The van der Waals surface area contributed by atoms with Crippen molar-refractivity contribution in [3.8, 4) is 0 Å². The molecule has 9 nitrogen and oxygen atoms in total. The molecule has 150 valence electrons. The number of halogens is 2. The van der Waals surface area contributed by atoms with Gasteiger partial charge in [0.1, 0.15) is 6.54 Å². The molecular weight excluding hydrogens is 421 g/mol. The fraction of sp³-hybridized carbons (Fsp3) is 0.400. The molecule has 0 fully saturated rings. The lowest BCUT2D eigenvalue weighted by Gasteiger charge is -2.20. The molecule has 1 rings (SSSR count). The zero-order valence-electron chi connectivity index (χ0n) is 14.8. The van der Waals surface area contributed by atoms with E-state index >= 15 is 0 Å². The maximum atomic E-state index is 12.1. The summed E-state index contributed by atoms with van der Waals surface area (Å²) in [6, 6.07) is 2.88. The Bertz CT molecular complexity index is 836. The van der Waals surface area contributed by atoms with Gasteiger partial charge in [0.05, 0.1) is 14.9 Å². The number of sulfonamides is 1. The smallest absolute Gasteiger partial charge is 0.321 e. The Kier molecular flexibility index (Phi) is 8.03. The Hall–Kier alpha value is -1.88. The summed E-state index contributed by atoms with van der Waals surface area (Å²) in [5.74, 6) is -1.87. The summed E-state index contributed by atoms with van der Waals surface area (Å²) in [4.78, 5) is 34.4. The number of esters is 1. The topological polar surface area (TPSA) is 131 Å². The number of amides is 3. The van der Waals surface area contributed by atoms with Crippen LogP contribution in [0.4, 0.5) is 4.79 Å². The molecule has 3 amide bonds. The fourth-order valence-electron chi connectivity index (χ4n) is 1.61. The molecule has 3 N–H and O–H groups in total. The molecule has 0 spiro atoms. The number of carbonyl (C=O) groups excluding carboxylic acids is 3. The first-order chi connectivity index (χ1) is 12.3. The predicted molar refractivity (Wildman–Crippen MR) is 99.0 cm³/mol. The van der Waals surface area contributed by atoms with Gasteiger partial charge in [-0.2, -0.15) is 4.72 Å². The number of hydrogen-bond acceptors (Lipinski definition) is 6. The number of urea groups is 1. The number of nitrogens with one attached hydrogen (secondary N) is 3. The molecule has 0 aromatic heterocycles. The molecule has 0 saturated heterocycles. The lowest BCUT2D eigenvalue weighted by atomic mass is 10.1. The molecule has 0 unspecified atom stereocenters. The van der Waals surface area contributed by atoms with E-state index in [9.17, 15) is 22.8 Å². The maximum absolute atomic E-state index is 12.1. The molecule has 0 atom stereocenters. The van der Waals surface area contributed by atoms with Gasteiger partial charge in [-0.1, -0.05) is 23.2 Å². The molecule has 12 heteroatoms. The zero-order valence-corrected chi connectivity index (χ0v) is 17.1. The summed E-state index contributed by atoms with van der Waals surface area (Å²) in [7, 11) is -4.03. The maximum Gasteiger partial charge on any atom is 0.321 e. The van der Waals surface area contributed by atoms with Crippen molar-refractivity contribution in [3.05, 3.63) is 28.2 Å². The molecule has 0 heterocycles. The number of hydrogen-bond donors (Lipinski definition) is 3. The normalized spacial score (nSPS) is 11.6. The molecule has 0 bridgehead atoms. The van der Waals surface area contributed by atoms with Gasteiger partial charge in [0.25, 0.3) is 5.91 Å². The zero-order chi connectivity index (χ0) is 20.8. The van der Waals surface area contributed by atoms with E-state index in [4.69, 9.17) is 23.2 Å². The van der Waals surface area contributed by atoms with Crippen molar-refractivity contribution in [2.75, 3.05) is 13.2 Å². The van der Waals surface area contributed by atoms with E-state index in [0.717, 1.165) is 6.07 Å². The SMILES string of the molecule is CC(C)(C)NC(=O)NC(=O)COC(=O)CNS(=O)(=O)c1ccc(Cl)c(Cl)c1. The van der Waals surface area contributed by atoms with Crippen molar-refractivity contribution in [1.29, 1.82) is 0 Å². The van der Waals surface area contributed by atoms with Gasteiger partial charge in [-0.15, -0.1) is 0 Å². The Morgan fingerprint density at radius 1 is 1.11 bits per heavy atom. The summed E-state index contributed by atoms with van der Waals surface area (Å²) < 4.78 is 30.7. The van der Waals surface area contributed by atoms with Crippen molar-refractivity contribution >= 4 is 51.1 Å². The number of carbonyl (C=O) groups is 3. The van der Waals surface area contributed by atoms with Crippen LogP contribution < -0.4 is 15.4 Å². The minimum absolute atomic E-state index is 0.0346. The van der Waals surface area contributed by atoms with Crippen LogP contribution in [0, 0.1) is 0 Å². The van der Waals surface area contributed by atoms with E-state index in [-0.39, 0.29) is 14.9 Å². The minimum atomic E-state index is -4.03. The monoisotopic (exact) mass is 439 g/mol. The number of rotatable bonds is 6. The number of benzene rings is 1. The Morgan fingerprint density at radius 3 is 2.30 bits per heavy atom. The van der Waals surface area contributed by atoms with Crippen LogP contribution in [0.25, 0.3) is 0 Å². The number of imide groups is 1. The van der Waals surface area contributed by atoms with Crippen LogP contribution in [0.15, 0.2) is 23.1 Å². The van der Waals surface area contributed by atoms with Gasteiger partial charge in [-0.25, -0.2) is 13.2 Å². The lowest BCUT2D eigenvalue weighted by molar-refractivity contribution is -0.147. The van der Waals surface area contributed by atoms with Gasteiger partial charge in [0.2, 0.25) is 10.0 Å². The van der Waals surface area contributed by atoms with Crippen LogP contribution >= 0.6 is 23.2 Å². The molecule has 1 aromatic carbocycles. The van der Waals surface area contributed by atoms with E-state index in [1.807, 2.05) is 10.0 Å². The molecule has 0 aliphatic carbocycles. The third-order valence-electron chi connectivity index (χ3n) is 2.71. The minimum Gasteiger partial charge on any atom is -0.455 e. The van der Waals surface area contributed by atoms with Gasteiger partial charge in [0, 0.05) is 5.54 Å². The van der Waals surface area contributed by atoms with Gasteiger partial charge in [-0.05, 0) is 39.0 Å². The van der Waals surface area contributed by atoms with Gasteiger partial charge >= 0.3 is 12.0 Å². The van der Waals surface area contributed by atoms with Gasteiger partial charge in [-0.3, -0.25) is 14.9 Å². The Balaban J connectivity index is 2.47. The number of ether oxygens (including phenoxy) is 1. The van der Waals surface area contributed by atoms with Crippen LogP contribution in [0.2, 0.25) is 10.0 Å². The first kappa shape index (κ1) is 23.2. The van der Waals surface area contributed by atoms with Crippen molar-refractivity contribution in [2.24, 2.45) is 0 Å². The highest BCUT2D eigenvalue weighted by Crippen LogP contribution is 2.24. The van der Waals surface area contributed by atoms with E-state index in [1.165, 1.54) is 12.1 Å². The fourth-order valence-corrected chi connectivity index (χ4v) is 2.97. The van der Waals surface area contributed by atoms with Crippen molar-refractivity contribution in [2.45, 2.75) is 31.2 Å². The third kappa shape index (κ3) is 8.57. The summed E-state index contributed by atoms with van der Waals surface area (Å²) in [5.41, 5.74) is -0.552. The molecule has 1 aromatic rings. The molecule has 0 aliphatic rings. The van der Waals surface area contributed by atoms with Gasteiger partial charge < -0.3 is 10.1 Å². The largest absolute Gasteiger partial charge is 0.455 e. The summed E-state index contributed by atoms with van der Waals surface area (Å²) in [6.07, 6.45) is 0. The molecule has 0 saturated carbocycles. The van der Waals surface area contributed by atoms with Crippen LogP contribution in [-0.2, 0) is 24.3 Å². The van der Waals surface area contributed by atoms with Crippen molar-refractivity contribution in [3.63, 3.8) is 0 Å². The first-order valence-electron chi connectivity index (χ1n) is 7.52. The Labute approximate surface area is 166 Å². The highest BCUT2D eigenvalue weighted by Gasteiger charge is 2.19. The predicted octanol–water partition coefficient (Wildman–Crippen LogP) is 1.44. The lowest BCUT2D eigenvalue weighted by Crippen LogP contribution is -2.49. The first-order valence-corrected chi connectivity index (χ1v) is 9.76. The standard InChI is InChI=1S/C15H19Cl2N3O6S/c1-15(2,3)20-14(23)19-12(21)8-26-13(22)7-18-27(24,25)9-4-5-10(16)11(17)6-9/h4-6,18H,7-8H2,1-3H3,(H2,19,20,21,23). The summed E-state index contributed by atoms with van der Waals surface area (Å²) in [6.45, 7) is 3.69. The second kappa shape index (κ2) is 9.36. The second-order valence-electron chi connectivity index (χ2n) is 6.31. The van der Waals surface area contributed by atoms with E-state index in [2.05, 4.69) is 10.1 Å². The van der Waals surface area contributed by atoms with E-state index < -0.39 is 46.6 Å². The van der Waals surface area contributed by atoms with E-state index in [1.54, 1.807) is 20.8 Å².